The van der Waals surface area contributed by atoms with Gasteiger partial charge in [0.15, 0.2) is 0 Å². The summed E-state index contributed by atoms with van der Waals surface area (Å²) >= 11 is 0. The summed E-state index contributed by atoms with van der Waals surface area (Å²) in [5.74, 6) is 0. The van der Waals surface area contributed by atoms with E-state index in [-0.39, 0.29) is 50.7 Å². The zero-order valence-corrected chi connectivity index (χ0v) is 7.85. The van der Waals surface area contributed by atoms with Crippen molar-refractivity contribution in [3.05, 3.63) is 24.3 Å². The molecule has 0 saturated carbocycles. The van der Waals surface area contributed by atoms with Crippen molar-refractivity contribution < 1.29 is 25.8 Å². The molecule has 0 spiro atoms. The predicted molar refractivity (Wildman–Crippen MR) is 37.4 cm³/mol. The quantitative estimate of drug-likeness (QED) is 0.541. The molecule has 0 N–H and O–H groups in total. The molecule has 0 nitrogen and oxygen atoms in total. The van der Waals surface area contributed by atoms with Crippen LogP contribution in [-0.4, -0.2) is 0 Å². The van der Waals surface area contributed by atoms with Gasteiger partial charge in [0.25, 0.3) is 0 Å². The minimum absolute atomic E-state index is 0. The molecular formula is C5H8Cl2Sc. The summed E-state index contributed by atoms with van der Waals surface area (Å²) in [4.78, 5) is 0. The molecule has 0 aromatic rings. The number of halogens is 2. The molecule has 0 heterocycles. The maximum Gasteiger partial charge on any atom is 0 e. The first-order valence-electron chi connectivity index (χ1n) is 1.82. The Morgan fingerprint density at radius 1 is 0.875 bits per heavy atom. The van der Waals surface area contributed by atoms with E-state index in [2.05, 4.69) is 24.3 Å². The molecule has 0 unspecified atom stereocenters. The van der Waals surface area contributed by atoms with Crippen molar-refractivity contribution in [1.29, 1.82) is 0 Å². The van der Waals surface area contributed by atoms with E-state index >= 15 is 0 Å². The molecule has 0 amide bonds. The average Bonchev–Trinajstić information content (AvgIpc) is 1.76. The minimum Gasteiger partial charge on any atom is -0.147 e. The van der Waals surface area contributed by atoms with Gasteiger partial charge in [0, 0.05) is 25.8 Å². The Hall–Kier alpha value is 0.930. The fourth-order valence-corrected chi connectivity index (χ4v) is 0.393. The second-order valence-electron chi connectivity index (χ2n) is 1.09. The standard InChI is InChI=1S/C5H6.2ClH.Sc/c1-2-4-5-3-1;;;/h1-4H,5H2;2*1H;. The first kappa shape index (κ1) is 16.0. The normalized spacial score (nSPS) is 11.0. The third kappa shape index (κ3) is 6.93. The second kappa shape index (κ2) is 10.8. The monoisotopic (exact) mass is 183 g/mol. The number of hydrogen-bond acceptors (Lipinski definition) is 0. The molecule has 0 fully saturated rings. The van der Waals surface area contributed by atoms with E-state index in [1.165, 1.54) is 0 Å². The first-order chi connectivity index (χ1) is 2.50. The number of allylic oxidation sites excluding steroid dienone is 4. The SMILES string of the molecule is C1=CCC=C1.Cl.Cl.[Sc]. The van der Waals surface area contributed by atoms with Crippen molar-refractivity contribution in [1.82, 2.24) is 0 Å². The predicted octanol–water partition coefficient (Wildman–Crippen LogP) is 2.34. The van der Waals surface area contributed by atoms with Crippen molar-refractivity contribution in [2.45, 2.75) is 6.42 Å². The summed E-state index contributed by atoms with van der Waals surface area (Å²) in [7, 11) is 0. The second-order valence-corrected chi connectivity index (χ2v) is 1.09. The van der Waals surface area contributed by atoms with Crippen LogP contribution in [0.1, 0.15) is 6.42 Å². The Bertz CT molecular complexity index is 68.5. The number of hydrogen-bond donors (Lipinski definition) is 0. The third-order valence-corrected chi connectivity index (χ3v) is 0.655. The Kier molecular flexibility index (Phi) is 21.6. The molecule has 1 aliphatic carbocycles. The van der Waals surface area contributed by atoms with Crippen molar-refractivity contribution in [2.24, 2.45) is 0 Å². The van der Waals surface area contributed by atoms with E-state index in [1.54, 1.807) is 0 Å². The maximum atomic E-state index is 2.12. The Labute approximate surface area is 81.0 Å². The van der Waals surface area contributed by atoms with Gasteiger partial charge in [-0.1, -0.05) is 24.3 Å². The zero-order valence-electron chi connectivity index (χ0n) is 4.41. The van der Waals surface area contributed by atoms with Gasteiger partial charge >= 0.3 is 0 Å². The molecule has 0 aliphatic heterocycles. The molecule has 0 saturated heterocycles. The molecule has 1 radical (unpaired) electrons. The van der Waals surface area contributed by atoms with Crippen LogP contribution in [-0.2, 0) is 25.8 Å². The molecule has 1 rings (SSSR count). The first-order valence-corrected chi connectivity index (χ1v) is 1.82. The van der Waals surface area contributed by atoms with Crippen molar-refractivity contribution in [3.8, 4) is 0 Å². The summed E-state index contributed by atoms with van der Waals surface area (Å²) < 4.78 is 0. The summed E-state index contributed by atoms with van der Waals surface area (Å²) in [6.07, 6.45) is 9.50. The van der Waals surface area contributed by atoms with E-state index in [4.69, 9.17) is 0 Å². The summed E-state index contributed by atoms with van der Waals surface area (Å²) in [6, 6.07) is 0. The molecule has 0 bridgehead atoms. The molecule has 0 aromatic heterocycles. The van der Waals surface area contributed by atoms with Gasteiger partial charge in [0.2, 0.25) is 0 Å². The van der Waals surface area contributed by atoms with Crippen LogP contribution in [0.25, 0.3) is 0 Å². The fraction of sp³-hybridized carbons (Fsp3) is 0.200. The zero-order chi connectivity index (χ0) is 3.54. The topological polar surface area (TPSA) is 0 Å². The van der Waals surface area contributed by atoms with E-state index in [0.717, 1.165) is 6.42 Å². The molecule has 3 heteroatoms. The Morgan fingerprint density at radius 3 is 1.38 bits per heavy atom. The summed E-state index contributed by atoms with van der Waals surface area (Å²) in [5.41, 5.74) is 0. The van der Waals surface area contributed by atoms with Gasteiger partial charge in [-0.25, -0.2) is 0 Å². The van der Waals surface area contributed by atoms with Gasteiger partial charge in [-0.15, -0.1) is 24.8 Å². The summed E-state index contributed by atoms with van der Waals surface area (Å²) in [5, 5.41) is 0. The van der Waals surface area contributed by atoms with Gasteiger partial charge in [-0.2, -0.15) is 0 Å². The van der Waals surface area contributed by atoms with Crippen LogP contribution < -0.4 is 0 Å². The molecular weight excluding hydrogens is 176 g/mol. The average molecular weight is 184 g/mol. The fourth-order valence-electron chi connectivity index (χ4n) is 0.393. The van der Waals surface area contributed by atoms with E-state index in [0.29, 0.717) is 0 Å². The van der Waals surface area contributed by atoms with Crippen molar-refractivity contribution in [2.75, 3.05) is 0 Å². The number of rotatable bonds is 0. The molecule has 8 heavy (non-hydrogen) atoms. The molecule has 0 atom stereocenters. The van der Waals surface area contributed by atoms with E-state index in [9.17, 15) is 0 Å². The Morgan fingerprint density at radius 2 is 1.25 bits per heavy atom. The van der Waals surface area contributed by atoms with Gasteiger partial charge in [0.05, 0.1) is 0 Å². The Balaban J connectivity index is -0.0000000833. The van der Waals surface area contributed by atoms with Crippen LogP contribution in [0.4, 0.5) is 0 Å². The van der Waals surface area contributed by atoms with Gasteiger partial charge in [-0.05, 0) is 6.42 Å². The van der Waals surface area contributed by atoms with Crippen LogP contribution in [0, 0.1) is 0 Å². The van der Waals surface area contributed by atoms with Gasteiger partial charge < -0.3 is 0 Å². The smallest absolute Gasteiger partial charge is 0 e. The van der Waals surface area contributed by atoms with Crippen molar-refractivity contribution in [3.63, 3.8) is 0 Å². The van der Waals surface area contributed by atoms with Crippen LogP contribution in [0.2, 0.25) is 0 Å². The van der Waals surface area contributed by atoms with Crippen LogP contribution >= 0.6 is 24.8 Å². The molecule has 1 aliphatic rings. The van der Waals surface area contributed by atoms with Crippen LogP contribution in [0.3, 0.4) is 0 Å². The minimum atomic E-state index is 0. The van der Waals surface area contributed by atoms with Gasteiger partial charge in [0.1, 0.15) is 0 Å². The van der Waals surface area contributed by atoms with Crippen LogP contribution in [0.15, 0.2) is 24.3 Å². The van der Waals surface area contributed by atoms with Crippen molar-refractivity contribution >= 4 is 24.8 Å². The van der Waals surface area contributed by atoms with E-state index < -0.39 is 0 Å². The largest absolute Gasteiger partial charge is 0.147 e. The summed E-state index contributed by atoms with van der Waals surface area (Å²) in [6.45, 7) is 0. The molecule has 0 aromatic carbocycles. The maximum absolute atomic E-state index is 2.12. The van der Waals surface area contributed by atoms with Crippen LogP contribution in [0.5, 0.6) is 0 Å². The third-order valence-electron chi connectivity index (χ3n) is 0.655. The van der Waals surface area contributed by atoms with E-state index in [1.807, 2.05) is 0 Å². The molecule has 45 valence electrons. The van der Waals surface area contributed by atoms with Gasteiger partial charge in [-0.3, -0.25) is 0 Å².